The first-order valence-corrected chi connectivity index (χ1v) is 6.96. The maximum Gasteiger partial charge on any atom is 0.269 e. The third-order valence-corrected chi connectivity index (χ3v) is 3.70. The van der Waals surface area contributed by atoms with E-state index in [0.29, 0.717) is 0 Å². The van der Waals surface area contributed by atoms with Gasteiger partial charge in [-0.3, -0.25) is 10.1 Å². The van der Waals surface area contributed by atoms with Crippen LogP contribution in [0.4, 0.5) is 5.69 Å². The van der Waals surface area contributed by atoms with Crippen LogP contribution in [0.15, 0.2) is 61.4 Å². The van der Waals surface area contributed by atoms with Crippen molar-refractivity contribution in [2.45, 2.75) is 12.5 Å². The summed E-state index contributed by atoms with van der Waals surface area (Å²) in [7, 11) is 1.99. The molecule has 3 aromatic rings. The monoisotopic (exact) mass is 296 g/mol. The van der Waals surface area contributed by atoms with E-state index >= 15 is 0 Å². The van der Waals surface area contributed by atoms with Crippen LogP contribution < -0.4 is 0 Å². The van der Waals surface area contributed by atoms with E-state index in [0.717, 1.165) is 12.0 Å². The summed E-state index contributed by atoms with van der Waals surface area (Å²) in [4.78, 5) is 14.5. The van der Waals surface area contributed by atoms with Crippen LogP contribution in [0.2, 0.25) is 0 Å². The van der Waals surface area contributed by atoms with Crippen molar-refractivity contribution >= 4 is 5.69 Å². The molecule has 0 amide bonds. The maximum absolute atomic E-state index is 10.7. The molecule has 0 bridgehead atoms. The van der Waals surface area contributed by atoms with Crippen molar-refractivity contribution in [1.82, 2.24) is 14.1 Å². The van der Waals surface area contributed by atoms with Crippen LogP contribution in [0.1, 0.15) is 17.2 Å². The lowest BCUT2D eigenvalue weighted by molar-refractivity contribution is -0.384. The molecule has 0 aliphatic carbocycles. The summed E-state index contributed by atoms with van der Waals surface area (Å²) in [6.45, 7) is 0. The largest absolute Gasteiger partial charge is 0.357 e. The number of benzene rings is 1. The lowest BCUT2D eigenvalue weighted by Crippen LogP contribution is -2.11. The highest BCUT2D eigenvalue weighted by molar-refractivity contribution is 5.34. The maximum atomic E-state index is 10.7. The summed E-state index contributed by atoms with van der Waals surface area (Å²) in [6, 6.07) is 8.91. The molecule has 0 aliphatic heterocycles. The number of rotatable bonds is 5. The second-order valence-electron chi connectivity index (χ2n) is 5.26. The molecule has 6 nitrogen and oxygen atoms in total. The number of nitrogens with zero attached hydrogens (tertiary/aromatic N) is 4. The first kappa shape index (κ1) is 14.1. The highest BCUT2D eigenvalue weighted by Crippen LogP contribution is 2.24. The molecule has 1 aromatic carbocycles. The Morgan fingerprint density at radius 1 is 1.23 bits per heavy atom. The Hall–Kier alpha value is -2.89. The van der Waals surface area contributed by atoms with E-state index in [9.17, 15) is 10.1 Å². The molecule has 0 aliphatic rings. The number of non-ortho nitro benzene ring substituents is 1. The normalized spacial score (nSPS) is 12.2. The molecule has 0 fully saturated rings. The topological polar surface area (TPSA) is 65.9 Å². The lowest BCUT2D eigenvalue weighted by atomic mass is 10.0. The quantitative estimate of drug-likeness (QED) is 0.537. The van der Waals surface area contributed by atoms with Crippen molar-refractivity contribution in [3.63, 3.8) is 0 Å². The predicted octanol–water partition coefficient (Wildman–Crippen LogP) is 2.96. The minimum absolute atomic E-state index is 0.114. The van der Waals surface area contributed by atoms with E-state index < -0.39 is 0 Å². The van der Waals surface area contributed by atoms with Gasteiger partial charge in [-0.1, -0.05) is 12.1 Å². The van der Waals surface area contributed by atoms with E-state index in [1.807, 2.05) is 36.1 Å². The Kier molecular flexibility index (Phi) is 3.74. The van der Waals surface area contributed by atoms with Gasteiger partial charge in [0.15, 0.2) is 0 Å². The number of aromatic nitrogens is 3. The van der Waals surface area contributed by atoms with Gasteiger partial charge in [0, 0.05) is 44.0 Å². The lowest BCUT2D eigenvalue weighted by Gasteiger charge is -2.17. The van der Waals surface area contributed by atoms with Gasteiger partial charge in [0.2, 0.25) is 0 Å². The molecule has 1 unspecified atom stereocenters. The van der Waals surface area contributed by atoms with Crippen molar-refractivity contribution in [2.24, 2.45) is 7.05 Å². The van der Waals surface area contributed by atoms with Crippen molar-refractivity contribution in [1.29, 1.82) is 0 Å². The molecule has 0 radical (unpaired) electrons. The Morgan fingerprint density at radius 2 is 2.00 bits per heavy atom. The third-order valence-electron chi connectivity index (χ3n) is 3.70. The van der Waals surface area contributed by atoms with Crippen LogP contribution >= 0.6 is 0 Å². The molecule has 112 valence electrons. The zero-order chi connectivity index (χ0) is 15.5. The summed E-state index contributed by atoms with van der Waals surface area (Å²) in [5, 5.41) is 10.7. The van der Waals surface area contributed by atoms with Gasteiger partial charge in [0.05, 0.1) is 17.3 Å². The standard InChI is InChI=1S/C16H16N4O2/c1-18-8-6-14(11-18)16(19-9-7-17-12-19)10-13-2-4-15(5-3-13)20(21)22/h2-9,11-12,16H,10H2,1H3. The minimum atomic E-state index is -0.381. The van der Waals surface area contributed by atoms with Gasteiger partial charge in [-0.05, 0) is 23.6 Å². The number of hydrogen-bond acceptors (Lipinski definition) is 3. The van der Waals surface area contributed by atoms with Gasteiger partial charge in [0.1, 0.15) is 0 Å². The second-order valence-corrected chi connectivity index (χ2v) is 5.26. The average Bonchev–Trinajstić information content (AvgIpc) is 3.17. The molecule has 2 heterocycles. The Morgan fingerprint density at radius 3 is 2.55 bits per heavy atom. The summed E-state index contributed by atoms with van der Waals surface area (Å²) in [5.74, 6) is 0. The highest BCUT2D eigenvalue weighted by Gasteiger charge is 2.16. The first-order chi connectivity index (χ1) is 10.6. The van der Waals surface area contributed by atoms with Crippen LogP contribution in [-0.4, -0.2) is 19.0 Å². The number of nitro groups is 1. The molecule has 0 spiro atoms. The number of hydrogen-bond donors (Lipinski definition) is 0. The van der Waals surface area contributed by atoms with E-state index in [-0.39, 0.29) is 16.7 Å². The fourth-order valence-electron chi connectivity index (χ4n) is 2.55. The molecule has 0 N–H and O–H groups in total. The summed E-state index contributed by atoms with van der Waals surface area (Å²) < 4.78 is 4.06. The van der Waals surface area contributed by atoms with Gasteiger partial charge in [-0.15, -0.1) is 0 Å². The smallest absolute Gasteiger partial charge is 0.269 e. The molecule has 1 atom stereocenters. The Bertz CT molecular complexity index is 760. The molecule has 0 saturated heterocycles. The molecule has 0 saturated carbocycles. The van der Waals surface area contributed by atoms with Crippen molar-refractivity contribution < 1.29 is 4.92 Å². The summed E-state index contributed by atoms with van der Waals surface area (Å²) in [6.07, 6.45) is 10.3. The molecule has 2 aromatic heterocycles. The number of nitro benzene ring substituents is 1. The summed E-state index contributed by atoms with van der Waals surface area (Å²) >= 11 is 0. The van der Waals surface area contributed by atoms with E-state index in [1.54, 1.807) is 24.7 Å². The van der Waals surface area contributed by atoms with E-state index in [2.05, 4.69) is 21.8 Å². The fourth-order valence-corrected chi connectivity index (χ4v) is 2.55. The van der Waals surface area contributed by atoms with Crippen LogP contribution in [-0.2, 0) is 13.5 Å². The predicted molar refractivity (Wildman–Crippen MR) is 82.6 cm³/mol. The van der Waals surface area contributed by atoms with Crippen LogP contribution in [0.3, 0.4) is 0 Å². The zero-order valence-electron chi connectivity index (χ0n) is 12.2. The van der Waals surface area contributed by atoms with Gasteiger partial charge in [-0.25, -0.2) is 4.98 Å². The zero-order valence-corrected chi connectivity index (χ0v) is 12.2. The molecular formula is C16H16N4O2. The van der Waals surface area contributed by atoms with Gasteiger partial charge in [0.25, 0.3) is 5.69 Å². The van der Waals surface area contributed by atoms with E-state index in [4.69, 9.17) is 0 Å². The van der Waals surface area contributed by atoms with Crippen molar-refractivity contribution in [2.75, 3.05) is 0 Å². The van der Waals surface area contributed by atoms with Gasteiger partial charge >= 0.3 is 0 Å². The molecular weight excluding hydrogens is 280 g/mol. The highest BCUT2D eigenvalue weighted by atomic mass is 16.6. The fraction of sp³-hybridized carbons (Fsp3) is 0.188. The van der Waals surface area contributed by atoms with Crippen molar-refractivity contribution in [3.8, 4) is 0 Å². The average molecular weight is 296 g/mol. The third kappa shape index (κ3) is 2.90. The Labute approximate surface area is 127 Å². The molecule has 22 heavy (non-hydrogen) atoms. The summed E-state index contributed by atoms with van der Waals surface area (Å²) in [5.41, 5.74) is 2.34. The van der Waals surface area contributed by atoms with Crippen LogP contribution in [0.25, 0.3) is 0 Å². The first-order valence-electron chi connectivity index (χ1n) is 6.96. The number of aryl methyl sites for hydroxylation is 1. The SMILES string of the molecule is Cn1ccc(C(Cc2ccc([N+](=O)[O-])cc2)n2ccnc2)c1. The van der Waals surface area contributed by atoms with E-state index in [1.165, 1.54) is 5.56 Å². The molecule has 6 heteroatoms. The van der Waals surface area contributed by atoms with Gasteiger partial charge < -0.3 is 9.13 Å². The second kappa shape index (κ2) is 5.85. The number of imidazole rings is 1. The minimum Gasteiger partial charge on any atom is -0.357 e. The van der Waals surface area contributed by atoms with Gasteiger partial charge in [-0.2, -0.15) is 0 Å². The molecule has 3 rings (SSSR count). The van der Waals surface area contributed by atoms with Crippen LogP contribution in [0, 0.1) is 10.1 Å². The Balaban J connectivity index is 1.88. The van der Waals surface area contributed by atoms with Crippen molar-refractivity contribution in [3.05, 3.63) is 82.7 Å². The van der Waals surface area contributed by atoms with Crippen LogP contribution in [0.5, 0.6) is 0 Å².